The molecular weight excluding hydrogens is 835 g/mol. The summed E-state index contributed by atoms with van der Waals surface area (Å²) >= 11 is 0. The zero-order valence-corrected chi connectivity index (χ0v) is 46.5. The van der Waals surface area contributed by atoms with Gasteiger partial charge in [0, 0.05) is 0 Å². The van der Waals surface area contributed by atoms with Gasteiger partial charge in [-0.25, -0.2) is 0 Å². The molecule has 5 nitrogen and oxygen atoms in total. The van der Waals surface area contributed by atoms with Crippen LogP contribution in [-0.2, 0) is 4.79 Å². The molecule has 0 fully saturated rings. The van der Waals surface area contributed by atoms with E-state index < -0.39 is 18.2 Å². The van der Waals surface area contributed by atoms with Crippen molar-refractivity contribution in [3.63, 3.8) is 0 Å². The maximum absolute atomic E-state index is 12.6. The molecule has 3 unspecified atom stereocenters. The number of aliphatic hydroxyl groups excluding tert-OH is 3. The first-order chi connectivity index (χ1) is 33.5. The summed E-state index contributed by atoms with van der Waals surface area (Å²) in [5.41, 5.74) is 0. The van der Waals surface area contributed by atoms with E-state index in [-0.39, 0.29) is 18.9 Å². The van der Waals surface area contributed by atoms with Gasteiger partial charge in [0.15, 0.2) is 0 Å². The Labute approximate surface area is 427 Å². The van der Waals surface area contributed by atoms with Crippen LogP contribution in [0.2, 0.25) is 0 Å². The van der Waals surface area contributed by atoms with Crippen molar-refractivity contribution < 1.29 is 20.1 Å². The third-order valence-corrected chi connectivity index (χ3v) is 15.1. The van der Waals surface area contributed by atoms with Gasteiger partial charge in [-0.1, -0.05) is 328 Å². The van der Waals surface area contributed by atoms with Gasteiger partial charge in [-0.3, -0.25) is 4.79 Å². The minimum absolute atomic E-state index is 0.0412. The second-order valence-corrected chi connectivity index (χ2v) is 22.0. The van der Waals surface area contributed by atoms with Gasteiger partial charge in [-0.05, 0) is 38.5 Å². The summed E-state index contributed by atoms with van der Waals surface area (Å²) in [7, 11) is 0. The number of hydrogen-bond donors (Lipinski definition) is 4. The third kappa shape index (κ3) is 54.4. The number of carbonyl (C=O) groups is 1. The van der Waals surface area contributed by atoms with Crippen molar-refractivity contribution in [1.82, 2.24) is 5.32 Å². The van der Waals surface area contributed by atoms with Gasteiger partial charge in [-0.15, -0.1) is 0 Å². The predicted octanol–water partition coefficient (Wildman–Crippen LogP) is 19.8. The number of unbranched alkanes of at least 4 members (excludes halogenated alkanes) is 48. The molecule has 1 amide bonds. The molecule has 0 saturated carbocycles. The normalized spacial score (nSPS) is 13.2. The van der Waals surface area contributed by atoms with E-state index in [1.165, 1.54) is 302 Å². The molecule has 0 rings (SSSR count). The lowest BCUT2D eigenvalue weighted by molar-refractivity contribution is -0.125. The van der Waals surface area contributed by atoms with Crippen molar-refractivity contribution in [1.29, 1.82) is 0 Å². The van der Waals surface area contributed by atoms with Crippen molar-refractivity contribution >= 4 is 5.91 Å². The maximum atomic E-state index is 12.6. The Hall–Kier alpha value is -0.910. The van der Waals surface area contributed by atoms with E-state index in [0.29, 0.717) is 12.8 Å². The Morgan fingerprint density at radius 3 is 0.853 bits per heavy atom. The highest BCUT2D eigenvalue weighted by atomic mass is 16.3. The van der Waals surface area contributed by atoms with Crippen molar-refractivity contribution in [2.24, 2.45) is 0 Å². The molecule has 0 aliphatic carbocycles. The van der Waals surface area contributed by atoms with Gasteiger partial charge in [0.25, 0.3) is 0 Å². The van der Waals surface area contributed by atoms with Crippen molar-refractivity contribution in [2.75, 3.05) is 6.61 Å². The van der Waals surface area contributed by atoms with Gasteiger partial charge in [0.2, 0.25) is 5.91 Å². The monoisotopic (exact) mass is 960 g/mol. The van der Waals surface area contributed by atoms with Crippen LogP contribution in [-0.4, -0.2) is 46.1 Å². The molecule has 0 heterocycles. The van der Waals surface area contributed by atoms with Crippen molar-refractivity contribution in [3.8, 4) is 0 Å². The summed E-state index contributed by atoms with van der Waals surface area (Å²) in [6.45, 7) is 4.31. The van der Waals surface area contributed by atoms with Crippen LogP contribution in [0, 0.1) is 0 Å². The van der Waals surface area contributed by atoms with Gasteiger partial charge in [0.05, 0.1) is 31.3 Å². The molecule has 0 aliphatic heterocycles. The van der Waals surface area contributed by atoms with Gasteiger partial charge in [-0.2, -0.15) is 0 Å². The maximum Gasteiger partial charge on any atom is 0.222 e. The largest absolute Gasteiger partial charge is 0.394 e. The summed E-state index contributed by atoms with van der Waals surface area (Å²) < 4.78 is 0. The first-order valence-electron chi connectivity index (χ1n) is 31.5. The Morgan fingerprint density at radius 2 is 0.588 bits per heavy atom. The Kier molecular flexibility index (Phi) is 57.9. The molecule has 0 aromatic rings. The zero-order valence-electron chi connectivity index (χ0n) is 46.5. The molecule has 0 saturated heterocycles. The van der Waals surface area contributed by atoms with Crippen molar-refractivity contribution in [2.45, 2.75) is 379 Å². The topological polar surface area (TPSA) is 89.8 Å². The highest BCUT2D eigenvalue weighted by Crippen LogP contribution is 2.19. The Balaban J connectivity index is 3.47. The Morgan fingerprint density at radius 1 is 0.353 bits per heavy atom. The second-order valence-electron chi connectivity index (χ2n) is 22.0. The van der Waals surface area contributed by atoms with Crippen LogP contribution in [0.4, 0.5) is 0 Å². The van der Waals surface area contributed by atoms with E-state index in [0.717, 1.165) is 25.7 Å². The number of hydrogen-bond acceptors (Lipinski definition) is 4. The lowest BCUT2D eigenvalue weighted by Crippen LogP contribution is -2.46. The minimum Gasteiger partial charge on any atom is -0.394 e. The lowest BCUT2D eigenvalue weighted by Gasteiger charge is -2.23. The van der Waals surface area contributed by atoms with Crippen LogP contribution < -0.4 is 5.32 Å². The summed E-state index contributed by atoms with van der Waals surface area (Å²) in [5.74, 6) is -0.275. The predicted molar refractivity (Wildman–Crippen MR) is 301 cm³/mol. The molecule has 68 heavy (non-hydrogen) atoms. The molecule has 5 heteroatoms. The standard InChI is InChI=1S/C63H125NO4/c1-3-5-7-9-11-13-15-17-19-21-23-25-27-28-29-30-31-32-33-35-36-38-40-42-44-46-48-50-52-54-56-60(66)58-63(68)64-61(59-65)62(67)57-55-53-51-49-47-45-43-41-39-37-34-26-24-22-20-18-16-14-12-10-8-6-4-2/h28-29,60-62,65-67H,3-27,30-59H2,1-2H3,(H,64,68)/b29-28-. The number of allylic oxidation sites excluding steroid dienone is 2. The number of rotatable bonds is 59. The summed E-state index contributed by atoms with van der Waals surface area (Å²) in [6.07, 6.45) is 74.0. The quantitative estimate of drug-likeness (QED) is 0.0361. The number of nitrogens with one attached hydrogen (secondary N) is 1. The van der Waals surface area contributed by atoms with Crippen LogP contribution in [0.3, 0.4) is 0 Å². The smallest absolute Gasteiger partial charge is 0.222 e. The molecule has 0 radical (unpaired) electrons. The fraction of sp³-hybridized carbons (Fsp3) is 0.952. The number of amides is 1. The van der Waals surface area contributed by atoms with E-state index in [2.05, 4.69) is 31.3 Å². The van der Waals surface area contributed by atoms with Crippen LogP contribution in [0.5, 0.6) is 0 Å². The third-order valence-electron chi connectivity index (χ3n) is 15.1. The molecule has 0 spiro atoms. The highest BCUT2D eigenvalue weighted by molar-refractivity contribution is 5.76. The minimum atomic E-state index is -0.748. The van der Waals surface area contributed by atoms with E-state index in [4.69, 9.17) is 0 Å². The first-order valence-corrected chi connectivity index (χ1v) is 31.5. The number of carbonyl (C=O) groups excluding carboxylic acids is 1. The van der Waals surface area contributed by atoms with E-state index >= 15 is 0 Å². The van der Waals surface area contributed by atoms with Crippen LogP contribution in [0.25, 0.3) is 0 Å². The molecular formula is C63H125NO4. The van der Waals surface area contributed by atoms with E-state index in [1.807, 2.05) is 0 Å². The fourth-order valence-electron chi connectivity index (χ4n) is 10.3. The second kappa shape index (κ2) is 58.7. The van der Waals surface area contributed by atoms with Crippen LogP contribution >= 0.6 is 0 Å². The SMILES string of the molecule is CCCCCCCCCCCCCC/C=C\CCCCCCCCCCCCCCCCC(O)CC(=O)NC(CO)C(O)CCCCCCCCCCCCCCCCCCCCCCCCC. The summed E-state index contributed by atoms with van der Waals surface area (Å²) in [4.78, 5) is 12.6. The summed E-state index contributed by atoms with van der Waals surface area (Å²) in [6, 6.07) is -0.657. The van der Waals surface area contributed by atoms with E-state index in [1.54, 1.807) is 0 Å². The van der Waals surface area contributed by atoms with Gasteiger partial charge >= 0.3 is 0 Å². The molecule has 406 valence electrons. The average Bonchev–Trinajstić information content (AvgIpc) is 3.33. The average molecular weight is 961 g/mol. The number of aliphatic hydroxyl groups is 3. The van der Waals surface area contributed by atoms with Gasteiger partial charge < -0.3 is 20.6 Å². The van der Waals surface area contributed by atoms with Gasteiger partial charge in [0.1, 0.15) is 0 Å². The lowest BCUT2D eigenvalue weighted by atomic mass is 10.0. The molecule has 3 atom stereocenters. The molecule has 0 aromatic carbocycles. The fourth-order valence-corrected chi connectivity index (χ4v) is 10.3. The van der Waals surface area contributed by atoms with Crippen molar-refractivity contribution in [3.05, 3.63) is 12.2 Å². The molecule has 0 bridgehead atoms. The molecule has 4 N–H and O–H groups in total. The highest BCUT2D eigenvalue weighted by Gasteiger charge is 2.21. The first kappa shape index (κ1) is 67.1. The zero-order chi connectivity index (χ0) is 49.3. The van der Waals surface area contributed by atoms with Crippen LogP contribution in [0.1, 0.15) is 361 Å². The molecule has 0 aromatic heterocycles. The Bertz CT molecular complexity index is 971. The van der Waals surface area contributed by atoms with E-state index in [9.17, 15) is 20.1 Å². The van der Waals surface area contributed by atoms with Crippen LogP contribution in [0.15, 0.2) is 12.2 Å². The summed E-state index contributed by atoms with van der Waals surface area (Å²) in [5, 5.41) is 33.7. The molecule has 0 aliphatic rings.